The first-order chi connectivity index (χ1) is 20.0. The summed E-state index contributed by atoms with van der Waals surface area (Å²) >= 11 is 7.22. The Labute approximate surface area is 255 Å². The zero-order valence-corrected chi connectivity index (χ0v) is 25.8. The second-order valence-corrected chi connectivity index (χ2v) is 11.3. The van der Waals surface area contributed by atoms with Gasteiger partial charge in [0.25, 0.3) is 11.5 Å². The molecule has 1 fully saturated rings. The van der Waals surface area contributed by atoms with E-state index in [1.54, 1.807) is 30.5 Å². The summed E-state index contributed by atoms with van der Waals surface area (Å²) in [6, 6.07) is 18.3. The van der Waals surface area contributed by atoms with Crippen molar-refractivity contribution in [3.8, 4) is 11.5 Å². The van der Waals surface area contributed by atoms with Crippen molar-refractivity contribution in [2.45, 2.75) is 44.9 Å². The molecule has 41 heavy (non-hydrogen) atoms. The molecule has 0 bridgehead atoms. The molecule has 0 unspecified atom stereocenters. The molecule has 1 saturated carbocycles. The zero-order chi connectivity index (χ0) is 28.8. The Morgan fingerprint density at radius 3 is 2.54 bits per heavy atom. The Morgan fingerprint density at radius 1 is 1.05 bits per heavy atom. The first kappa shape index (κ1) is 29.0. The number of carbonyl (C=O) groups is 1. The minimum absolute atomic E-state index is 0.171. The number of fused-ring (bicyclic) bond motifs is 1. The Balaban J connectivity index is 1.47. The molecule has 1 aliphatic carbocycles. The monoisotopic (exact) mass is 680 g/mol. The van der Waals surface area contributed by atoms with E-state index in [9.17, 15) is 9.59 Å². The largest absolute Gasteiger partial charge is 0.490 e. The molecule has 1 heterocycles. The predicted octanol–water partition coefficient (Wildman–Crippen LogP) is 7.27. The highest BCUT2D eigenvalue weighted by atomic mass is 79.9. The van der Waals surface area contributed by atoms with E-state index in [-0.39, 0.29) is 24.0 Å². The molecule has 0 atom stereocenters. The van der Waals surface area contributed by atoms with Crippen LogP contribution in [0.15, 0.2) is 79.5 Å². The van der Waals surface area contributed by atoms with E-state index in [1.165, 1.54) is 11.1 Å². The van der Waals surface area contributed by atoms with Crippen LogP contribution in [0, 0.1) is 0 Å². The van der Waals surface area contributed by atoms with Gasteiger partial charge in [-0.2, -0.15) is 9.78 Å². The van der Waals surface area contributed by atoms with Gasteiger partial charge >= 0.3 is 0 Å². The van der Waals surface area contributed by atoms with Gasteiger partial charge in [-0.1, -0.05) is 49.6 Å². The van der Waals surface area contributed by atoms with Gasteiger partial charge in [-0.15, -0.1) is 0 Å². The number of hydrogen-bond acceptors (Lipinski definition) is 6. The highest BCUT2D eigenvalue weighted by Gasteiger charge is 2.23. The second-order valence-electron chi connectivity index (χ2n) is 9.74. The fourth-order valence-corrected chi connectivity index (χ4v) is 5.89. The molecule has 8 nitrogen and oxygen atoms in total. The van der Waals surface area contributed by atoms with Gasteiger partial charge in [0.1, 0.15) is 5.82 Å². The van der Waals surface area contributed by atoms with Crippen LogP contribution in [0.4, 0.5) is 5.69 Å². The molecule has 3 aromatic carbocycles. The van der Waals surface area contributed by atoms with Crippen LogP contribution in [0.5, 0.6) is 11.5 Å². The number of nitrogens with zero attached hydrogens (tertiary/aromatic N) is 3. The maximum absolute atomic E-state index is 13.6. The summed E-state index contributed by atoms with van der Waals surface area (Å²) in [4.78, 5) is 31.0. The van der Waals surface area contributed by atoms with Crippen molar-refractivity contribution in [3.05, 3.63) is 91.4 Å². The summed E-state index contributed by atoms with van der Waals surface area (Å²) in [6.45, 7) is 2.04. The van der Waals surface area contributed by atoms with Crippen LogP contribution in [0.25, 0.3) is 10.9 Å². The van der Waals surface area contributed by atoms with E-state index in [4.69, 9.17) is 14.5 Å². The number of aromatic nitrogens is 2. The van der Waals surface area contributed by atoms with E-state index in [0.717, 1.165) is 25.7 Å². The van der Waals surface area contributed by atoms with Crippen molar-refractivity contribution in [2.24, 2.45) is 5.10 Å². The molecular weight excluding hydrogens is 652 g/mol. The molecular formula is C31H30Br2N4O4. The lowest BCUT2D eigenvalue weighted by Crippen LogP contribution is -2.25. The van der Waals surface area contributed by atoms with Crippen LogP contribution in [0.1, 0.15) is 56.3 Å². The van der Waals surface area contributed by atoms with Crippen molar-refractivity contribution in [3.63, 3.8) is 0 Å². The van der Waals surface area contributed by atoms with Crippen molar-refractivity contribution in [2.75, 3.05) is 18.5 Å². The molecule has 0 aliphatic heterocycles. The summed E-state index contributed by atoms with van der Waals surface area (Å²) in [7, 11) is 0. The summed E-state index contributed by atoms with van der Waals surface area (Å²) < 4.78 is 14.4. The predicted molar refractivity (Wildman–Crippen MR) is 168 cm³/mol. The normalized spacial score (nSPS) is 13.9. The molecule has 0 saturated heterocycles. The van der Waals surface area contributed by atoms with E-state index >= 15 is 0 Å². The minimum atomic E-state index is -0.300. The number of ether oxygens (including phenoxy) is 2. The number of anilines is 1. The second kappa shape index (κ2) is 13.4. The Hall–Kier alpha value is -3.50. The average molecular weight is 682 g/mol. The molecule has 0 spiro atoms. The maximum Gasteiger partial charge on any atom is 0.282 e. The fourth-order valence-electron chi connectivity index (χ4n) is 4.95. The minimum Gasteiger partial charge on any atom is -0.490 e. The van der Waals surface area contributed by atoms with E-state index in [0.29, 0.717) is 55.0 Å². The lowest BCUT2D eigenvalue weighted by atomic mass is 9.88. The van der Waals surface area contributed by atoms with Gasteiger partial charge in [0.05, 0.1) is 28.2 Å². The topological polar surface area (TPSA) is 94.8 Å². The average Bonchev–Trinajstić information content (AvgIpc) is 2.99. The van der Waals surface area contributed by atoms with Crippen LogP contribution >= 0.6 is 31.9 Å². The van der Waals surface area contributed by atoms with Crippen molar-refractivity contribution in [1.82, 2.24) is 9.66 Å². The molecule has 5 rings (SSSR count). The lowest BCUT2D eigenvalue weighted by molar-refractivity contribution is -0.118. The zero-order valence-electron chi connectivity index (χ0n) is 22.6. The standard InChI is InChI=1S/C31H30Br2N4O4/c1-2-40-25-17-21(27(32)28(33)29(25)41-19-26(38)35-22-13-7-4-8-14-22)18-34-37-30(20-11-5-3-6-12-20)36-24-16-10-9-15-23(24)31(37)39/h4,7-10,13-18,20H,2-3,5-6,11-12,19H2,1H3,(H,35,38). The quantitative estimate of drug-likeness (QED) is 0.188. The van der Waals surface area contributed by atoms with Crippen molar-refractivity contribution < 1.29 is 14.3 Å². The molecule has 1 N–H and O–H groups in total. The van der Waals surface area contributed by atoms with Crippen LogP contribution < -0.4 is 20.3 Å². The first-order valence-corrected chi connectivity index (χ1v) is 15.2. The number of carbonyl (C=O) groups excluding carboxylic acids is 1. The highest BCUT2D eigenvalue weighted by Crippen LogP contribution is 2.42. The van der Waals surface area contributed by atoms with E-state index in [1.807, 2.05) is 43.3 Å². The Kier molecular flexibility index (Phi) is 9.51. The molecule has 1 aliphatic rings. The van der Waals surface area contributed by atoms with Crippen LogP contribution in [-0.2, 0) is 4.79 Å². The summed E-state index contributed by atoms with van der Waals surface area (Å²) in [5.41, 5.74) is 1.84. The Bertz CT molecular complexity index is 1630. The van der Waals surface area contributed by atoms with E-state index < -0.39 is 0 Å². The third kappa shape index (κ3) is 6.70. The SMILES string of the molecule is CCOc1cc(C=Nn2c(C3CCCCC3)nc3ccccc3c2=O)c(Br)c(Br)c1OCC(=O)Nc1ccccc1. The first-order valence-electron chi connectivity index (χ1n) is 13.6. The smallest absolute Gasteiger partial charge is 0.282 e. The number of nitrogens with one attached hydrogen (secondary N) is 1. The molecule has 1 aromatic heterocycles. The molecule has 212 valence electrons. The van der Waals surface area contributed by atoms with Gasteiger partial charge in [0.15, 0.2) is 18.1 Å². The van der Waals surface area contributed by atoms with Crippen molar-refractivity contribution in [1.29, 1.82) is 0 Å². The van der Waals surface area contributed by atoms with Gasteiger partial charge in [0.2, 0.25) is 0 Å². The molecule has 0 radical (unpaired) electrons. The number of hydrogen-bond donors (Lipinski definition) is 1. The molecule has 4 aromatic rings. The molecule has 1 amide bonds. The fraction of sp³-hybridized carbons (Fsp3) is 0.290. The number of benzene rings is 3. The number of amides is 1. The number of halogens is 2. The molecule has 10 heteroatoms. The van der Waals surface area contributed by atoms with Gasteiger partial charge < -0.3 is 14.8 Å². The van der Waals surface area contributed by atoms with Gasteiger partial charge in [-0.05, 0) is 82.0 Å². The lowest BCUT2D eigenvalue weighted by Gasteiger charge is -2.22. The van der Waals surface area contributed by atoms with Gasteiger partial charge in [-0.25, -0.2) is 4.98 Å². The van der Waals surface area contributed by atoms with Crippen LogP contribution in [-0.4, -0.2) is 35.0 Å². The highest BCUT2D eigenvalue weighted by molar-refractivity contribution is 9.13. The van der Waals surface area contributed by atoms with Gasteiger partial charge in [0, 0.05) is 21.6 Å². The number of para-hydroxylation sites is 2. The van der Waals surface area contributed by atoms with Crippen LogP contribution in [0.2, 0.25) is 0 Å². The summed E-state index contributed by atoms with van der Waals surface area (Å²) in [5.74, 6) is 1.38. The third-order valence-corrected chi connectivity index (χ3v) is 9.07. The third-order valence-electron chi connectivity index (χ3n) is 6.92. The summed E-state index contributed by atoms with van der Waals surface area (Å²) in [6.07, 6.45) is 6.99. The summed E-state index contributed by atoms with van der Waals surface area (Å²) in [5, 5.41) is 7.99. The maximum atomic E-state index is 13.6. The number of rotatable bonds is 9. The Morgan fingerprint density at radius 2 is 1.78 bits per heavy atom. The van der Waals surface area contributed by atoms with Crippen molar-refractivity contribution >= 4 is 60.6 Å². The van der Waals surface area contributed by atoms with Crippen LogP contribution in [0.3, 0.4) is 0 Å². The van der Waals surface area contributed by atoms with Gasteiger partial charge in [-0.3, -0.25) is 9.59 Å². The van der Waals surface area contributed by atoms with E-state index in [2.05, 4.69) is 42.3 Å².